The Labute approximate surface area is 157 Å². The molecular formula is C20H25N3O4. The summed E-state index contributed by atoms with van der Waals surface area (Å²) in [6.07, 6.45) is 5.21. The molecule has 1 aliphatic rings. The van der Waals surface area contributed by atoms with Crippen molar-refractivity contribution in [1.29, 1.82) is 0 Å². The molecule has 3 rings (SSSR count). The molecule has 7 nitrogen and oxygen atoms in total. The Bertz CT molecular complexity index is 919. The summed E-state index contributed by atoms with van der Waals surface area (Å²) < 4.78 is 6.39. The fourth-order valence-corrected chi connectivity index (χ4v) is 3.41. The molecule has 0 bridgehead atoms. The summed E-state index contributed by atoms with van der Waals surface area (Å²) in [5.41, 5.74) is 0.978. The fraction of sp³-hybridized carbons (Fsp3) is 0.500. The number of hydrogen-bond acceptors (Lipinski definition) is 5. The van der Waals surface area contributed by atoms with E-state index in [0.717, 1.165) is 37.9 Å². The van der Waals surface area contributed by atoms with Crippen LogP contribution in [0, 0.1) is 0 Å². The van der Waals surface area contributed by atoms with Crippen LogP contribution < -0.4 is 5.56 Å². The van der Waals surface area contributed by atoms with Gasteiger partial charge in [-0.1, -0.05) is 12.8 Å². The van der Waals surface area contributed by atoms with Crippen molar-refractivity contribution < 1.29 is 14.3 Å². The van der Waals surface area contributed by atoms with Crippen LogP contribution >= 0.6 is 0 Å². The minimum Gasteiger partial charge on any atom is -0.469 e. The Morgan fingerprint density at radius 1 is 1.22 bits per heavy atom. The molecule has 0 spiro atoms. The van der Waals surface area contributed by atoms with E-state index in [2.05, 4.69) is 9.72 Å². The van der Waals surface area contributed by atoms with Gasteiger partial charge in [0.15, 0.2) is 0 Å². The summed E-state index contributed by atoms with van der Waals surface area (Å²) in [6, 6.07) is 5.00. The Kier molecular flexibility index (Phi) is 5.88. The van der Waals surface area contributed by atoms with E-state index in [1.54, 1.807) is 29.8 Å². The maximum Gasteiger partial charge on any atom is 0.307 e. The molecule has 0 atom stereocenters. The first-order valence-corrected chi connectivity index (χ1v) is 9.37. The summed E-state index contributed by atoms with van der Waals surface area (Å²) in [4.78, 5) is 42.9. The van der Waals surface area contributed by atoms with Gasteiger partial charge in [-0.2, -0.15) is 0 Å². The summed E-state index contributed by atoms with van der Waals surface area (Å²) in [5.74, 6) is 0.228. The number of amides is 1. The van der Waals surface area contributed by atoms with Crippen LogP contribution in [0.2, 0.25) is 0 Å². The maximum absolute atomic E-state index is 12.8. The minimum atomic E-state index is -0.360. The standard InChI is InChI=1S/C20H25N3O4/c1-22(12-10-18(24)27-2)19(25)14-8-9-15-16(13-14)21-17-7-5-3-4-6-11-23(17)20(15)26/h8-9,13H,3-7,10-12H2,1-2H3. The summed E-state index contributed by atoms with van der Waals surface area (Å²) >= 11 is 0. The van der Waals surface area contributed by atoms with Crippen molar-refractivity contribution in [3.8, 4) is 0 Å². The van der Waals surface area contributed by atoms with Crippen molar-refractivity contribution in [3.63, 3.8) is 0 Å². The lowest BCUT2D eigenvalue weighted by Crippen LogP contribution is -2.30. The Morgan fingerprint density at radius 3 is 2.78 bits per heavy atom. The molecule has 0 N–H and O–H groups in total. The lowest BCUT2D eigenvalue weighted by atomic mass is 10.1. The molecule has 27 heavy (non-hydrogen) atoms. The second kappa shape index (κ2) is 8.33. The number of ether oxygens (including phenoxy) is 1. The first kappa shape index (κ1) is 19.1. The van der Waals surface area contributed by atoms with Gasteiger partial charge in [-0.3, -0.25) is 19.0 Å². The molecule has 0 unspecified atom stereocenters. The fourth-order valence-electron chi connectivity index (χ4n) is 3.41. The van der Waals surface area contributed by atoms with Crippen LogP contribution in [-0.4, -0.2) is 47.0 Å². The van der Waals surface area contributed by atoms with Crippen molar-refractivity contribution in [2.24, 2.45) is 0 Å². The molecule has 2 aromatic rings. The average Bonchev–Trinajstić information content (AvgIpc) is 2.66. The predicted molar refractivity (Wildman–Crippen MR) is 102 cm³/mol. The SMILES string of the molecule is COC(=O)CCN(C)C(=O)c1ccc2c(=O)n3c(nc2c1)CCCCCC3. The normalized spacial score (nSPS) is 14.1. The van der Waals surface area contributed by atoms with Crippen molar-refractivity contribution in [3.05, 3.63) is 39.9 Å². The topological polar surface area (TPSA) is 81.5 Å². The molecule has 2 heterocycles. The van der Waals surface area contributed by atoms with Crippen LogP contribution in [0.3, 0.4) is 0 Å². The van der Waals surface area contributed by atoms with Crippen LogP contribution in [0.4, 0.5) is 0 Å². The van der Waals surface area contributed by atoms with E-state index in [4.69, 9.17) is 0 Å². The van der Waals surface area contributed by atoms with Crippen LogP contribution in [0.25, 0.3) is 10.9 Å². The number of nitrogens with zero attached hydrogens (tertiary/aromatic N) is 3. The molecule has 1 aromatic heterocycles. The number of aryl methyl sites for hydroxylation is 1. The summed E-state index contributed by atoms with van der Waals surface area (Å²) in [6.45, 7) is 0.970. The number of methoxy groups -OCH3 is 1. The van der Waals surface area contributed by atoms with Gasteiger partial charge in [-0.25, -0.2) is 4.98 Å². The van der Waals surface area contributed by atoms with Gasteiger partial charge < -0.3 is 9.64 Å². The number of aromatic nitrogens is 2. The van der Waals surface area contributed by atoms with Crippen molar-refractivity contribution in [2.75, 3.05) is 20.7 Å². The molecule has 1 amide bonds. The molecular weight excluding hydrogens is 346 g/mol. The van der Waals surface area contributed by atoms with Crippen LogP contribution in [0.15, 0.2) is 23.0 Å². The zero-order chi connectivity index (χ0) is 19.4. The lowest BCUT2D eigenvalue weighted by molar-refractivity contribution is -0.140. The second-order valence-corrected chi connectivity index (χ2v) is 6.93. The maximum atomic E-state index is 12.8. The number of esters is 1. The van der Waals surface area contributed by atoms with E-state index in [1.807, 2.05) is 0 Å². The molecule has 1 aromatic carbocycles. The third-order valence-corrected chi connectivity index (χ3v) is 5.04. The van der Waals surface area contributed by atoms with E-state index in [1.165, 1.54) is 12.0 Å². The van der Waals surface area contributed by atoms with Gasteiger partial charge in [0.05, 0.1) is 24.4 Å². The Balaban J connectivity index is 1.90. The Morgan fingerprint density at radius 2 is 2.00 bits per heavy atom. The Hall–Kier alpha value is -2.70. The van der Waals surface area contributed by atoms with Gasteiger partial charge in [0.2, 0.25) is 0 Å². The lowest BCUT2D eigenvalue weighted by Gasteiger charge is -2.18. The van der Waals surface area contributed by atoms with E-state index in [-0.39, 0.29) is 30.4 Å². The van der Waals surface area contributed by atoms with Gasteiger partial charge in [0, 0.05) is 32.1 Å². The molecule has 0 saturated heterocycles. The van der Waals surface area contributed by atoms with E-state index in [9.17, 15) is 14.4 Å². The monoisotopic (exact) mass is 371 g/mol. The third kappa shape index (κ3) is 4.18. The first-order valence-electron chi connectivity index (χ1n) is 9.37. The van der Waals surface area contributed by atoms with Crippen LogP contribution in [-0.2, 0) is 22.5 Å². The molecule has 1 aliphatic heterocycles. The number of fused-ring (bicyclic) bond motifs is 2. The predicted octanol–water partition coefficient (Wildman–Crippen LogP) is 2.15. The number of hydrogen-bond donors (Lipinski definition) is 0. The van der Waals surface area contributed by atoms with Gasteiger partial charge in [0.25, 0.3) is 11.5 Å². The van der Waals surface area contributed by atoms with Gasteiger partial charge in [0.1, 0.15) is 5.82 Å². The van der Waals surface area contributed by atoms with Crippen molar-refractivity contribution in [1.82, 2.24) is 14.5 Å². The summed E-state index contributed by atoms with van der Waals surface area (Å²) in [7, 11) is 2.96. The zero-order valence-electron chi connectivity index (χ0n) is 15.9. The molecule has 0 radical (unpaired) electrons. The first-order chi connectivity index (χ1) is 13.0. The highest BCUT2D eigenvalue weighted by atomic mass is 16.5. The van der Waals surface area contributed by atoms with Crippen LogP contribution in [0.1, 0.15) is 48.3 Å². The van der Waals surface area contributed by atoms with Crippen LogP contribution in [0.5, 0.6) is 0 Å². The molecule has 0 saturated carbocycles. The summed E-state index contributed by atoms with van der Waals surface area (Å²) in [5, 5.41) is 0.535. The third-order valence-electron chi connectivity index (χ3n) is 5.04. The number of rotatable bonds is 4. The smallest absolute Gasteiger partial charge is 0.307 e. The van der Waals surface area contributed by atoms with Gasteiger partial charge in [-0.15, -0.1) is 0 Å². The number of carbonyl (C=O) groups excluding carboxylic acids is 2. The quantitative estimate of drug-likeness (QED) is 0.769. The molecule has 0 fully saturated rings. The minimum absolute atomic E-state index is 0.0325. The highest BCUT2D eigenvalue weighted by Crippen LogP contribution is 2.17. The zero-order valence-corrected chi connectivity index (χ0v) is 15.9. The molecule has 7 heteroatoms. The molecule has 0 aliphatic carbocycles. The highest BCUT2D eigenvalue weighted by molar-refractivity contribution is 5.97. The van der Waals surface area contributed by atoms with E-state index in [0.29, 0.717) is 23.0 Å². The van der Waals surface area contributed by atoms with Gasteiger partial charge in [-0.05, 0) is 31.0 Å². The highest BCUT2D eigenvalue weighted by Gasteiger charge is 2.17. The average molecular weight is 371 g/mol. The van der Waals surface area contributed by atoms with Crippen molar-refractivity contribution >= 4 is 22.8 Å². The van der Waals surface area contributed by atoms with Gasteiger partial charge >= 0.3 is 5.97 Å². The number of benzene rings is 1. The second-order valence-electron chi connectivity index (χ2n) is 6.93. The largest absolute Gasteiger partial charge is 0.469 e. The number of carbonyl (C=O) groups is 2. The van der Waals surface area contributed by atoms with E-state index < -0.39 is 0 Å². The van der Waals surface area contributed by atoms with E-state index >= 15 is 0 Å². The van der Waals surface area contributed by atoms with Crippen molar-refractivity contribution in [2.45, 2.75) is 45.1 Å². The molecule has 144 valence electrons.